The summed E-state index contributed by atoms with van der Waals surface area (Å²) in [4.78, 5) is 26.6. The van der Waals surface area contributed by atoms with Crippen molar-refractivity contribution < 1.29 is 18.8 Å². The molecule has 2 aromatic carbocycles. The summed E-state index contributed by atoms with van der Waals surface area (Å²) < 4.78 is 11.0. The van der Waals surface area contributed by atoms with Crippen molar-refractivity contribution in [2.75, 3.05) is 13.1 Å². The highest BCUT2D eigenvalue weighted by Gasteiger charge is 2.24. The van der Waals surface area contributed by atoms with E-state index >= 15 is 0 Å². The maximum Gasteiger partial charge on any atom is 0.344 e. The lowest BCUT2D eigenvalue weighted by atomic mass is 9.96. The van der Waals surface area contributed by atoms with Gasteiger partial charge in [-0.1, -0.05) is 25.1 Å². The van der Waals surface area contributed by atoms with Gasteiger partial charge < -0.3 is 18.8 Å². The van der Waals surface area contributed by atoms with Crippen LogP contribution in [0, 0.1) is 12.8 Å². The summed E-state index contributed by atoms with van der Waals surface area (Å²) in [6.45, 7) is 6.80. The molecule has 0 spiro atoms. The normalized spacial score (nSPS) is 18.9. The van der Waals surface area contributed by atoms with Crippen LogP contribution < -0.4 is 16.2 Å². The van der Waals surface area contributed by atoms with Crippen molar-refractivity contribution in [3.8, 4) is 16.9 Å². The Hall–Kier alpha value is -3.38. The van der Waals surface area contributed by atoms with Crippen LogP contribution in [-0.4, -0.2) is 18.2 Å². The van der Waals surface area contributed by atoms with E-state index in [1.807, 2.05) is 18.2 Å². The molecule has 0 aliphatic carbocycles. The van der Waals surface area contributed by atoms with Crippen LogP contribution in [0.4, 0.5) is 0 Å². The lowest BCUT2D eigenvalue weighted by molar-refractivity contribution is -0.922. The average molecular weight is 432 g/mol. The molecule has 1 unspecified atom stereocenters. The number of aryl methyl sites for hydroxylation is 1. The zero-order chi connectivity index (χ0) is 22.4. The third kappa shape index (κ3) is 3.60. The molecule has 3 heterocycles. The minimum Gasteiger partial charge on any atom is -0.507 e. The fourth-order valence-corrected chi connectivity index (χ4v) is 4.95. The molecule has 4 aromatic rings. The van der Waals surface area contributed by atoms with E-state index in [2.05, 4.69) is 6.92 Å². The first-order chi connectivity index (χ1) is 15.4. The number of likely N-dealkylation sites (tertiary alicyclic amines) is 1. The Kier molecular flexibility index (Phi) is 5.10. The molecule has 5 rings (SSSR count). The van der Waals surface area contributed by atoms with Gasteiger partial charge in [0.15, 0.2) is 0 Å². The van der Waals surface area contributed by atoms with Crippen molar-refractivity contribution in [2.24, 2.45) is 5.92 Å². The van der Waals surface area contributed by atoms with Gasteiger partial charge in [0, 0.05) is 39.4 Å². The number of nitrogens with one attached hydrogen (secondary N) is 1. The Morgan fingerprint density at radius 3 is 2.72 bits per heavy atom. The molecule has 6 nitrogen and oxygen atoms in total. The monoisotopic (exact) mass is 432 g/mol. The maximum atomic E-state index is 12.8. The quantitative estimate of drug-likeness (QED) is 0.485. The topological polar surface area (TPSA) is 85.1 Å². The molecule has 1 fully saturated rings. The molecule has 1 saturated heterocycles. The van der Waals surface area contributed by atoms with Crippen molar-refractivity contribution in [2.45, 2.75) is 33.2 Å². The van der Waals surface area contributed by atoms with E-state index in [-0.39, 0.29) is 5.75 Å². The first kappa shape index (κ1) is 20.5. The van der Waals surface area contributed by atoms with E-state index < -0.39 is 11.3 Å². The van der Waals surface area contributed by atoms with Gasteiger partial charge >= 0.3 is 11.3 Å². The van der Waals surface area contributed by atoms with E-state index in [1.165, 1.54) is 23.8 Å². The SMILES string of the molecule is Cc1c(O)c(C[NH+]2CCC[C@H](C)C2)cc2c(-c3cc4ccccc4oc3=O)cc(=O)oc12. The number of quaternary nitrogens is 1. The van der Waals surface area contributed by atoms with E-state index in [9.17, 15) is 14.7 Å². The number of benzene rings is 2. The summed E-state index contributed by atoms with van der Waals surface area (Å²) in [5.74, 6) is 0.798. The van der Waals surface area contributed by atoms with Gasteiger partial charge in [-0.3, -0.25) is 0 Å². The predicted molar refractivity (Wildman–Crippen MR) is 123 cm³/mol. The Bertz CT molecular complexity index is 1450. The summed E-state index contributed by atoms with van der Waals surface area (Å²) in [7, 11) is 0. The summed E-state index contributed by atoms with van der Waals surface area (Å²) in [6, 6.07) is 12.2. The fraction of sp³-hybridized carbons (Fsp3) is 0.308. The largest absolute Gasteiger partial charge is 0.507 e. The number of hydrogen-bond donors (Lipinski definition) is 2. The molecule has 6 heteroatoms. The lowest BCUT2D eigenvalue weighted by Gasteiger charge is -2.28. The summed E-state index contributed by atoms with van der Waals surface area (Å²) >= 11 is 0. The Morgan fingerprint density at radius 2 is 1.91 bits per heavy atom. The highest BCUT2D eigenvalue weighted by molar-refractivity contribution is 5.97. The molecule has 0 amide bonds. The highest BCUT2D eigenvalue weighted by Crippen LogP contribution is 2.35. The third-order valence-corrected chi connectivity index (χ3v) is 6.55. The zero-order valence-electron chi connectivity index (χ0n) is 18.2. The second kappa shape index (κ2) is 7.95. The maximum absolute atomic E-state index is 12.8. The summed E-state index contributed by atoms with van der Waals surface area (Å²) in [5, 5.41) is 12.3. The molecule has 164 valence electrons. The molecular formula is C26H26NO5+. The number of para-hydroxylation sites is 1. The van der Waals surface area contributed by atoms with E-state index in [0.29, 0.717) is 45.7 Å². The van der Waals surface area contributed by atoms with Gasteiger partial charge in [-0.25, -0.2) is 9.59 Å². The number of fused-ring (bicyclic) bond motifs is 2. The van der Waals surface area contributed by atoms with Crippen molar-refractivity contribution in [1.82, 2.24) is 0 Å². The number of phenols is 1. The van der Waals surface area contributed by atoms with Crippen LogP contribution in [0.1, 0.15) is 30.9 Å². The van der Waals surface area contributed by atoms with Gasteiger partial charge in [0.25, 0.3) is 0 Å². The second-order valence-electron chi connectivity index (χ2n) is 8.98. The van der Waals surface area contributed by atoms with Gasteiger partial charge in [0.2, 0.25) is 0 Å². The minimum absolute atomic E-state index is 0.147. The van der Waals surface area contributed by atoms with E-state index in [0.717, 1.165) is 24.0 Å². The van der Waals surface area contributed by atoms with Crippen LogP contribution in [-0.2, 0) is 6.54 Å². The van der Waals surface area contributed by atoms with Gasteiger partial charge in [-0.15, -0.1) is 0 Å². The number of rotatable bonds is 3. The summed E-state index contributed by atoms with van der Waals surface area (Å²) in [6.07, 6.45) is 2.40. The molecule has 1 aliphatic rings. The van der Waals surface area contributed by atoms with Crippen LogP contribution in [0.15, 0.2) is 60.9 Å². The van der Waals surface area contributed by atoms with Crippen LogP contribution in [0.2, 0.25) is 0 Å². The van der Waals surface area contributed by atoms with Crippen molar-refractivity contribution in [3.05, 3.63) is 74.4 Å². The average Bonchev–Trinajstić information content (AvgIpc) is 2.77. The molecule has 0 radical (unpaired) electrons. The molecule has 2 aromatic heterocycles. The molecule has 32 heavy (non-hydrogen) atoms. The zero-order valence-corrected chi connectivity index (χ0v) is 18.2. The smallest absolute Gasteiger partial charge is 0.344 e. The van der Waals surface area contributed by atoms with Gasteiger partial charge in [-0.2, -0.15) is 0 Å². The van der Waals surface area contributed by atoms with Gasteiger partial charge in [0.05, 0.1) is 18.7 Å². The van der Waals surface area contributed by atoms with Crippen LogP contribution in [0.5, 0.6) is 5.75 Å². The van der Waals surface area contributed by atoms with Crippen LogP contribution in [0.3, 0.4) is 0 Å². The van der Waals surface area contributed by atoms with Crippen molar-refractivity contribution >= 4 is 21.9 Å². The Labute approximate surface area is 184 Å². The molecule has 0 bridgehead atoms. The fourth-order valence-electron chi connectivity index (χ4n) is 4.95. The first-order valence-electron chi connectivity index (χ1n) is 11.1. The van der Waals surface area contributed by atoms with Crippen molar-refractivity contribution in [1.29, 1.82) is 0 Å². The third-order valence-electron chi connectivity index (χ3n) is 6.55. The molecule has 2 N–H and O–H groups in total. The molecule has 2 atom stereocenters. The lowest BCUT2D eigenvalue weighted by Crippen LogP contribution is -3.12. The Balaban J connectivity index is 1.71. The number of hydrogen-bond acceptors (Lipinski definition) is 5. The number of phenolic OH excluding ortho intramolecular Hbond substituents is 1. The van der Waals surface area contributed by atoms with E-state index in [4.69, 9.17) is 8.83 Å². The first-order valence-corrected chi connectivity index (χ1v) is 11.1. The van der Waals surface area contributed by atoms with Crippen molar-refractivity contribution in [3.63, 3.8) is 0 Å². The molecular weight excluding hydrogens is 406 g/mol. The molecule has 0 saturated carbocycles. The minimum atomic E-state index is -0.578. The van der Waals surface area contributed by atoms with E-state index in [1.54, 1.807) is 25.1 Å². The standard InChI is InChI=1S/C26H25NO5/c1-15-6-5-9-27(13-15)14-18-11-20-19(12-23(28)32-25(20)16(2)24(18)29)21-10-17-7-3-4-8-22(17)31-26(21)30/h3-4,7-8,10-12,15,29H,5-6,9,13-14H2,1-2H3/p+1/t15-/m0/s1. The predicted octanol–water partition coefficient (Wildman–Crippen LogP) is 3.40. The second-order valence-corrected chi connectivity index (χ2v) is 8.98. The van der Waals surface area contributed by atoms with Gasteiger partial charge in [-0.05, 0) is 38.0 Å². The summed E-state index contributed by atoms with van der Waals surface area (Å²) in [5.41, 5.74) is 1.75. The van der Waals surface area contributed by atoms with Crippen LogP contribution >= 0.6 is 0 Å². The Morgan fingerprint density at radius 1 is 1.09 bits per heavy atom. The number of aromatic hydroxyl groups is 1. The number of piperidine rings is 1. The van der Waals surface area contributed by atoms with Crippen LogP contribution in [0.25, 0.3) is 33.1 Å². The van der Waals surface area contributed by atoms with Gasteiger partial charge in [0.1, 0.15) is 23.5 Å². The molecule has 1 aliphatic heterocycles. The highest BCUT2D eigenvalue weighted by atomic mass is 16.4.